The summed E-state index contributed by atoms with van der Waals surface area (Å²) in [5, 5.41) is 18.0. The number of benzene rings is 1. The Hall–Kier alpha value is -1.46. The van der Waals surface area contributed by atoms with Crippen LogP contribution in [0, 0.1) is 0 Å². The van der Waals surface area contributed by atoms with Crippen molar-refractivity contribution in [3.8, 4) is 11.5 Å². The van der Waals surface area contributed by atoms with E-state index in [0.717, 1.165) is 18.2 Å². The number of para-hydroxylation sites is 1. The Balaban J connectivity index is 3.01. The van der Waals surface area contributed by atoms with E-state index in [2.05, 4.69) is 0 Å². The summed E-state index contributed by atoms with van der Waals surface area (Å²) in [6, 6.07) is 3.07. The van der Waals surface area contributed by atoms with Crippen LogP contribution < -0.4 is 0 Å². The summed E-state index contributed by atoms with van der Waals surface area (Å²) in [5.74, 6) is -1.61. The van der Waals surface area contributed by atoms with E-state index in [0.29, 0.717) is 0 Å². The number of hydrogen-bond donors (Lipinski definition) is 2. The number of aromatic hydroxyl groups is 2. The molecule has 0 aliphatic carbocycles. The molecule has 0 radical (unpaired) electrons. The van der Waals surface area contributed by atoms with E-state index in [-0.39, 0.29) is 0 Å². The molecule has 0 aliphatic heterocycles. The van der Waals surface area contributed by atoms with Crippen LogP contribution in [0.2, 0.25) is 0 Å². The first-order valence-corrected chi connectivity index (χ1v) is 4.02. The molecule has 0 saturated heterocycles. The zero-order valence-corrected chi connectivity index (χ0v) is 7.37. The third-order valence-corrected chi connectivity index (χ3v) is 1.86. The van der Waals surface area contributed by atoms with Crippen molar-refractivity contribution in [2.45, 2.75) is 18.8 Å². The van der Waals surface area contributed by atoms with Crippen LogP contribution in [0.25, 0.3) is 0 Å². The fourth-order valence-electron chi connectivity index (χ4n) is 1.07. The van der Waals surface area contributed by atoms with Crippen molar-refractivity contribution < 1.29 is 27.8 Å². The van der Waals surface area contributed by atoms with Gasteiger partial charge in [0.2, 0.25) is 0 Å². The van der Waals surface area contributed by atoms with E-state index in [1.807, 2.05) is 0 Å². The topological polar surface area (TPSA) is 40.5 Å². The molecular formula is C9H8F4O2. The first-order valence-electron chi connectivity index (χ1n) is 4.02. The average molecular weight is 224 g/mol. The van der Waals surface area contributed by atoms with E-state index < -0.39 is 35.8 Å². The highest BCUT2D eigenvalue weighted by Gasteiger charge is 2.33. The molecule has 0 fully saturated rings. The van der Waals surface area contributed by atoms with Crippen LogP contribution in [0.3, 0.4) is 0 Å². The molecule has 0 aromatic heterocycles. The monoisotopic (exact) mass is 224 g/mol. The Bertz CT molecular complexity index is 343. The minimum Gasteiger partial charge on any atom is -0.504 e. The van der Waals surface area contributed by atoms with Gasteiger partial charge in [0.1, 0.15) is 0 Å². The van der Waals surface area contributed by atoms with Gasteiger partial charge in [-0.25, -0.2) is 17.6 Å². The lowest BCUT2D eigenvalue weighted by Crippen LogP contribution is -2.18. The van der Waals surface area contributed by atoms with Crippen LogP contribution in [-0.4, -0.2) is 22.8 Å². The van der Waals surface area contributed by atoms with E-state index in [1.165, 1.54) is 0 Å². The second kappa shape index (κ2) is 4.37. The minimum absolute atomic E-state index is 0.684. The Morgan fingerprint density at radius 1 is 1.00 bits per heavy atom. The molecule has 2 atom stereocenters. The molecule has 15 heavy (non-hydrogen) atoms. The number of hydrogen-bond acceptors (Lipinski definition) is 2. The lowest BCUT2D eigenvalue weighted by molar-refractivity contribution is 0.00212. The zero-order valence-electron chi connectivity index (χ0n) is 7.37. The fourth-order valence-corrected chi connectivity index (χ4v) is 1.07. The molecule has 0 bridgehead atoms. The Kier molecular flexibility index (Phi) is 3.39. The number of phenols is 2. The summed E-state index contributed by atoms with van der Waals surface area (Å²) < 4.78 is 49.4. The van der Waals surface area contributed by atoms with Gasteiger partial charge in [-0.3, -0.25) is 0 Å². The van der Waals surface area contributed by atoms with E-state index in [4.69, 9.17) is 10.2 Å². The van der Waals surface area contributed by atoms with Crippen molar-refractivity contribution in [2.24, 2.45) is 0 Å². The molecule has 0 aliphatic rings. The van der Waals surface area contributed by atoms with Gasteiger partial charge >= 0.3 is 0 Å². The third-order valence-electron chi connectivity index (χ3n) is 1.86. The molecule has 2 N–H and O–H groups in total. The first-order chi connectivity index (χ1) is 6.95. The van der Waals surface area contributed by atoms with Crippen molar-refractivity contribution in [1.29, 1.82) is 0 Å². The Morgan fingerprint density at radius 2 is 1.60 bits per heavy atom. The quantitative estimate of drug-likeness (QED) is 0.612. The lowest BCUT2D eigenvalue weighted by atomic mass is 10.1. The van der Waals surface area contributed by atoms with E-state index in [9.17, 15) is 17.6 Å². The van der Waals surface area contributed by atoms with Crippen molar-refractivity contribution in [3.05, 3.63) is 23.8 Å². The highest BCUT2D eigenvalue weighted by atomic mass is 19.3. The number of halogens is 4. The SMILES string of the molecule is Oc1cccc(C(F)C(F)C(F)F)c1O. The average Bonchev–Trinajstić information content (AvgIpc) is 2.20. The van der Waals surface area contributed by atoms with Gasteiger partial charge in [-0.15, -0.1) is 0 Å². The Labute approximate surface area is 82.8 Å². The van der Waals surface area contributed by atoms with Crippen molar-refractivity contribution >= 4 is 0 Å². The maximum absolute atomic E-state index is 13.1. The molecule has 84 valence electrons. The van der Waals surface area contributed by atoms with Gasteiger partial charge in [-0.05, 0) is 6.07 Å². The van der Waals surface area contributed by atoms with Gasteiger partial charge in [0.25, 0.3) is 6.43 Å². The van der Waals surface area contributed by atoms with Crippen molar-refractivity contribution in [2.75, 3.05) is 0 Å². The summed E-state index contributed by atoms with van der Waals surface area (Å²) in [5.41, 5.74) is -0.692. The first kappa shape index (κ1) is 11.6. The maximum atomic E-state index is 13.1. The minimum atomic E-state index is -3.48. The summed E-state index contributed by atoms with van der Waals surface area (Å²) in [6.07, 6.45) is -9.18. The van der Waals surface area contributed by atoms with Gasteiger partial charge in [-0.2, -0.15) is 0 Å². The predicted octanol–water partition coefficient (Wildman–Crippen LogP) is 2.71. The molecule has 1 aromatic carbocycles. The molecule has 2 nitrogen and oxygen atoms in total. The molecule has 0 spiro atoms. The van der Waals surface area contributed by atoms with Crippen LogP contribution >= 0.6 is 0 Å². The van der Waals surface area contributed by atoms with E-state index in [1.54, 1.807) is 0 Å². The van der Waals surface area contributed by atoms with Crippen LogP contribution in [-0.2, 0) is 0 Å². The van der Waals surface area contributed by atoms with Crippen LogP contribution in [0.5, 0.6) is 11.5 Å². The van der Waals surface area contributed by atoms with Gasteiger partial charge in [0, 0.05) is 5.56 Å². The highest BCUT2D eigenvalue weighted by Crippen LogP contribution is 2.37. The van der Waals surface area contributed by atoms with Crippen LogP contribution in [0.15, 0.2) is 18.2 Å². The highest BCUT2D eigenvalue weighted by molar-refractivity contribution is 5.45. The van der Waals surface area contributed by atoms with Crippen LogP contribution in [0.4, 0.5) is 17.6 Å². The number of rotatable bonds is 3. The standard InChI is InChI=1S/C9H8F4O2/c10-6(7(11)9(12)13)4-2-1-3-5(14)8(4)15/h1-3,6-7,9,14-15H. The molecule has 0 saturated carbocycles. The van der Waals surface area contributed by atoms with Gasteiger partial charge in [0.05, 0.1) is 0 Å². The van der Waals surface area contributed by atoms with Gasteiger partial charge in [0.15, 0.2) is 23.8 Å². The molecule has 1 rings (SSSR count). The molecule has 0 heterocycles. The fraction of sp³-hybridized carbons (Fsp3) is 0.333. The second-order valence-electron chi connectivity index (χ2n) is 2.90. The Morgan fingerprint density at radius 3 is 2.13 bits per heavy atom. The van der Waals surface area contributed by atoms with E-state index >= 15 is 0 Å². The zero-order chi connectivity index (χ0) is 11.6. The second-order valence-corrected chi connectivity index (χ2v) is 2.90. The molecule has 1 aromatic rings. The third kappa shape index (κ3) is 2.31. The number of alkyl halides is 4. The van der Waals surface area contributed by atoms with Crippen LogP contribution in [0.1, 0.15) is 11.7 Å². The van der Waals surface area contributed by atoms with Crippen molar-refractivity contribution in [3.63, 3.8) is 0 Å². The van der Waals surface area contributed by atoms with Gasteiger partial charge < -0.3 is 10.2 Å². The summed E-state index contributed by atoms with van der Waals surface area (Å²) in [7, 11) is 0. The van der Waals surface area contributed by atoms with Gasteiger partial charge in [-0.1, -0.05) is 12.1 Å². The van der Waals surface area contributed by atoms with Crippen molar-refractivity contribution in [1.82, 2.24) is 0 Å². The molecule has 0 amide bonds. The molecule has 6 heteroatoms. The molecule has 2 unspecified atom stereocenters. The lowest BCUT2D eigenvalue weighted by Gasteiger charge is -2.14. The summed E-state index contributed by atoms with van der Waals surface area (Å²) >= 11 is 0. The maximum Gasteiger partial charge on any atom is 0.272 e. The predicted molar refractivity (Wildman–Crippen MR) is 44.5 cm³/mol. The smallest absolute Gasteiger partial charge is 0.272 e. The molecular weight excluding hydrogens is 216 g/mol. The summed E-state index contributed by atoms with van der Waals surface area (Å²) in [4.78, 5) is 0. The normalized spacial score (nSPS) is 15.3. The largest absolute Gasteiger partial charge is 0.504 e. The number of phenolic OH excluding ortho intramolecular Hbond substituents is 2. The summed E-state index contributed by atoms with van der Waals surface area (Å²) in [6.45, 7) is 0.